The molecule has 0 radical (unpaired) electrons. The summed E-state index contributed by atoms with van der Waals surface area (Å²) < 4.78 is 0. The van der Waals surface area contributed by atoms with Crippen molar-refractivity contribution in [1.29, 1.82) is 0 Å². The molecular formula is C30H48O3. The highest BCUT2D eigenvalue weighted by Gasteiger charge is 2.69. The second-order valence-corrected chi connectivity index (χ2v) is 14.5. The highest BCUT2D eigenvalue weighted by atomic mass is 16.3. The van der Waals surface area contributed by atoms with E-state index in [1.165, 1.54) is 24.8 Å². The molecule has 2 unspecified atom stereocenters. The summed E-state index contributed by atoms with van der Waals surface area (Å²) in [4.78, 5) is 13.2. The zero-order valence-corrected chi connectivity index (χ0v) is 22.3. The van der Waals surface area contributed by atoms with Gasteiger partial charge in [0.15, 0.2) is 5.78 Å². The summed E-state index contributed by atoms with van der Waals surface area (Å²) in [6.45, 7) is 16.8. The van der Waals surface area contributed by atoms with Crippen LogP contribution in [0.1, 0.15) is 106 Å². The zero-order valence-electron chi connectivity index (χ0n) is 22.3. The standard InChI is InChI=1S/C30H48O3/c1-18(2)24-20(32)16-30(17-31)15-14-28(6)19(25(24)30)8-9-22-27(5)12-11-23(33)26(3,4)21(27)10-13-29(22,28)7/h18-19,21-23,31,33H,8-17H2,1-7H3/t19-,21?,22?,23+,27+,28-,29-,30+/m1/s1. The maximum Gasteiger partial charge on any atom is 0.160 e. The average Bonchev–Trinajstić information content (AvgIpc) is 3.04. The van der Waals surface area contributed by atoms with Gasteiger partial charge in [0, 0.05) is 11.8 Å². The van der Waals surface area contributed by atoms with Crippen molar-refractivity contribution >= 4 is 5.78 Å². The molecule has 5 aliphatic rings. The molecule has 5 rings (SSSR count). The first-order valence-electron chi connectivity index (χ1n) is 13.9. The molecule has 0 amide bonds. The highest BCUT2D eigenvalue weighted by molar-refractivity contribution is 6.00. The number of hydrogen-bond acceptors (Lipinski definition) is 3. The van der Waals surface area contributed by atoms with Crippen LogP contribution in [-0.2, 0) is 4.79 Å². The SMILES string of the molecule is CC(C)C1=C2[C@H]3CCC4[C@@]5(C)CC[C@H](O)C(C)(C)C5CC[C@@]4(C)[C@]3(C)CC[C@@]2(CO)CC1=O. The minimum Gasteiger partial charge on any atom is -0.395 e. The normalized spacial score (nSPS) is 51.2. The van der Waals surface area contributed by atoms with Crippen LogP contribution in [0.2, 0.25) is 0 Å². The molecular weight excluding hydrogens is 408 g/mol. The first-order valence-corrected chi connectivity index (χ1v) is 13.9. The van der Waals surface area contributed by atoms with E-state index in [-0.39, 0.29) is 45.7 Å². The summed E-state index contributed by atoms with van der Waals surface area (Å²) in [5, 5.41) is 21.5. The number of fused-ring (bicyclic) bond motifs is 7. The Labute approximate surface area is 201 Å². The van der Waals surface area contributed by atoms with E-state index in [0.717, 1.165) is 37.7 Å². The maximum absolute atomic E-state index is 13.2. The van der Waals surface area contributed by atoms with E-state index in [4.69, 9.17) is 0 Å². The largest absolute Gasteiger partial charge is 0.395 e. The van der Waals surface area contributed by atoms with Gasteiger partial charge in [0.1, 0.15) is 0 Å². The third-order valence-corrected chi connectivity index (χ3v) is 12.9. The molecule has 8 atom stereocenters. The van der Waals surface area contributed by atoms with Gasteiger partial charge >= 0.3 is 0 Å². The fourth-order valence-corrected chi connectivity index (χ4v) is 10.9. The summed E-state index contributed by atoms with van der Waals surface area (Å²) in [5.74, 6) is 2.21. The first kappa shape index (κ1) is 24.0. The monoisotopic (exact) mass is 456 g/mol. The molecule has 0 spiro atoms. The smallest absolute Gasteiger partial charge is 0.160 e. The number of hydrogen-bond donors (Lipinski definition) is 2. The molecule has 33 heavy (non-hydrogen) atoms. The molecule has 0 aromatic rings. The van der Waals surface area contributed by atoms with Crippen molar-refractivity contribution in [3.63, 3.8) is 0 Å². The van der Waals surface area contributed by atoms with E-state index < -0.39 is 0 Å². The summed E-state index contributed by atoms with van der Waals surface area (Å²) in [5.41, 5.74) is 2.83. The van der Waals surface area contributed by atoms with E-state index >= 15 is 0 Å². The molecule has 0 aliphatic heterocycles. The van der Waals surface area contributed by atoms with E-state index in [0.29, 0.717) is 30.0 Å². The average molecular weight is 457 g/mol. The zero-order chi connectivity index (χ0) is 24.2. The lowest BCUT2D eigenvalue weighted by Gasteiger charge is -2.72. The second kappa shape index (κ2) is 7.19. The molecule has 5 aliphatic carbocycles. The van der Waals surface area contributed by atoms with Crippen LogP contribution in [-0.4, -0.2) is 28.7 Å². The van der Waals surface area contributed by atoms with Gasteiger partial charge in [0.05, 0.1) is 12.7 Å². The Balaban J connectivity index is 1.60. The van der Waals surface area contributed by atoms with Crippen LogP contribution in [0, 0.1) is 50.7 Å². The van der Waals surface area contributed by atoms with Gasteiger partial charge < -0.3 is 10.2 Å². The molecule has 3 heteroatoms. The van der Waals surface area contributed by atoms with Crippen LogP contribution >= 0.6 is 0 Å². The number of rotatable bonds is 2. The minimum atomic E-state index is -0.290. The van der Waals surface area contributed by atoms with Crippen molar-refractivity contribution in [3.8, 4) is 0 Å². The quantitative estimate of drug-likeness (QED) is 0.511. The first-order chi connectivity index (χ1) is 15.3. The van der Waals surface area contributed by atoms with Crippen LogP contribution in [0.15, 0.2) is 11.1 Å². The van der Waals surface area contributed by atoms with Gasteiger partial charge in [0.2, 0.25) is 0 Å². The molecule has 0 heterocycles. The predicted octanol–water partition coefficient (Wildman–Crippen LogP) is 6.32. The van der Waals surface area contributed by atoms with Gasteiger partial charge in [-0.1, -0.05) is 54.0 Å². The Kier molecular flexibility index (Phi) is 5.24. The second-order valence-electron chi connectivity index (χ2n) is 14.5. The molecule has 3 nitrogen and oxygen atoms in total. The van der Waals surface area contributed by atoms with Gasteiger partial charge in [0.25, 0.3) is 0 Å². The van der Waals surface area contributed by atoms with Crippen molar-refractivity contribution < 1.29 is 15.0 Å². The number of carbonyl (C=O) groups is 1. The molecule has 0 bridgehead atoms. The van der Waals surface area contributed by atoms with E-state index in [9.17, 15) is 15.0 Å². The van der Waals surface area contributed by atoms with Crippen molar-refractivity contribution in [3.05, 3.63) is 11.1 Å². The number of aliphatic hydroxyl groups excluding tert-OH is 2. The Morgan fingerprint density at radius 2 is 1.58 bits per heavy atom. The van der Waals surface area contributed by atoms with Crippen LogP contribution in [0.3, 0.4) is 0 Å². The number of Topliss-reactive ketones (excluding diaryl/α,β-unsaturated/α-hetero) is 1. The summed E-state index contributed by atoms with van der Waals surface area (Å²) in [6.07, 6.45) is 9.31. The lowest BCUT2D eigenvalue weighted by atomic mass is 9.33. The van der Waals surface area contributed by atoms with E-state index in [2.05, 4.69) is 48.5 Å². The highest BCUT2D eigenvalue weighted by Crippen LogP contribution is 2.76. The fraction of sp³-hybridized carbons (Fsp3) is 0.900. The Bertz CT molecular complexity index is 885. The summed E-state index contributed by atoms with van der Waals surface area (Å²) in [7, 11) is 0. The van der Waals surface area contributed by atoms with Crippen molar-refractivity contribution in [2.24, 2.45) is 50.7 Å². The van der Waals surface area contributed by atoms with Gasteiger partial charge in [-0.05, 0) is 102 Å². The number of allylic oxidation sites excluding steroid dienone is 1. The topological polar surface area (TPSA) is 57.5 Å². The predicted molar refractivity (Wildman–Crippen MR) is 133 cm³/mol. The van der Waals surface area contributed by atoms with Crippen molar-refractivity contribution in [2.45, 2.75) is 112 Å². The summed E-state index contributed by atoms with van der Waals surface area (Å²) in [6, 6.07) is 0. The lowest BCUT2D eigenvalue weighted by molar-refractivity contribution is -0.229. The molecule has 4 saturated carbocycles. The van der Waals surface area contributed by atoms with Crippen molar-refractivity contribution in [2.75, 3.05) is 6.61 Å². The molecule has 186 valence electrons. The molecule has 0 saturated heterocycles. The Morgan fingerprint density at radius 3 is 2.21 bits per heavy atom. The summed E-state index contributed by atoms with van der Waals surface area (Å²) >= 11 is 0. The van der Waals surface area contributed by atoms with Crippen molar-refractivity contribution in [1.82, 2.24) is 0 Å². The minimum absolute atomic E-state index is 0.0180. The molecule has 2 N–H and O–H groups in total. The third-order valence-electron chi connectivity index (χ3n) is 12.9. The number of aliphatic hydroxyl groups is 2. The Hall–Kier alpha value is -0.670. The molecule has 4 fully saturated rings. The fourth-order valence-electron chi connectivity index (χ4n) is 10.9. The van der Waals surface area contributed by atoms with Gasteiger partial charge in [-0.15, -0.1) is 0 Å². The van der Waals surface area contributed by atoms with Gasteiger partial charge in [-0.3, -0.25) is 4.79 Å². The van der Waals surface area contributed by atoms with Crippen LogP contribution < -0.4 is 0 Å². The van der Waals surface area contributed by atoms with E-state index in [1.807, 2.05) is 0 Å². The van der Waals surface area contributed by atoms with Crippen LogP contribution in [0.25, 0.3) is 0 Å². The maximum atomic E-state index is 13.2. The molecule has 0 aromatic carbocycles. The van der Waals surface area contributed by atoms with E-state index in [1.54, 1.807) is 0 Å². The molecule has 0 aromatic heterocycles. The Morgan fingerprint density at radius 1 is 0.879 bits per heavy atom. The van der Waals surface area contributed by atoms with Crippen LogP contribution in [0.5, 0.6) is 0 Å². The van der Waals surface area contributed by atoms with Crippen LogP contribution in [0.4, 0.5) is 0 Å². The number of carbonyl (C=O) groups excluding carboxylic acids is 1. The lowest BCUT2D eigenvalue weighted by Crippen LogP contribution is -2.65. The number of ketones is 1. The van der Waals surface area contributed by atoms with Gasteiger partial charge in [-0.2, -0.15) is 0 Å². The third kappa shape index (κ3) is 2.79. The van der Waals surface area contributed by atoms with Gasteiger partial charge in [-0.25, -0.2) is 0 Å².